The summed E-state index contributed by atoms with van der Waals surface area (Å²) < 4.78 is 1.81. The zero-order valence-electron chi connectivity index (χ0n) is 17.1. The number of likely N-dealkylation sites (tertiary alicyclic amines) is 1. The molecule has 0 aliphatic carbocycles. The number of hydrogen-bond acceptors (Lipinski definition) is 5. The first-order chi connectivity index (χ1) is 14.0. The third kappa shape index (κ3) is 4.31. The van der Waals surface area contributed by atoms with Crippen LogP contribution in [-0.4, -0.2) is 61.0 Å². The summed E-state index contributed by atoms with van der Waals surface area (Å²) in [6, 6.07) is 1.87. The van der Waals surface area contributed by atoms with Crippen LogP contribution in [0.3, 0.4) is 0 Å². The highest BCUT2D eigenvalue weighted by Gasteiger charge is 2.29. The van der Waals surface area contributed by atoms with Crippen molar-refractivity contribution < 1.29 is 9.59 Å². The first-order valence-corrected chi connectivity index (χ1v) is 10.4. The van der Waals surface area contributed by atoms with Gasteiger partial charge in [-0.1, -0.05) is 6.92 Å². The number of aromatic nitrogens is 4. The molecular weight excluding hydrogens is 368 g/mol. The standard InChI is InChI=1S/C21H28N6O2/c1-15(13-27-8-3-7-23-27)21(29)25-9-4-17(5-10-25)20-22-12-18-14-26(16(2)28)11-6-19(18)24-20/h3,7-8,12,15,17H,4-6,9-11,13-14H2,1-2H3/t15-/m0/s1. The number of hydrogen-bond donors (Lipinski definition) is 0. The molecule has 29 heavy (non-hydrogen) atoms. The molecular formula is C21H28N6O2. The molecule has 1 fully saturated rings. The van der Waals surface area contributed by atoms with Crippen LogP contribution < -0.4 is 0 Å². The zero-order chi connectivity index (χ0) is 20.4. The molecule has 0 unspecified atom stereocenters. The van der Waals surface area contributed by atoms with Crippen LogP contribution in [0.5, 0.6) is 0 Å². The fraction of sp³-hybridized carbons (Fsp3) is 0.571. The van der Waals surface area contributed by atoms with Crippen molar-refractivity contribution in [2.45, 2.75) is 52.1 Å². The molecule has 1 atom stereocenters. The van der Waals surface area contributed by atoms with E-state index < -0.39 is 0 Å². The lowest BCUT2D eigenvalue weighted by Gasteiger charge is -2.33. The molecule has 0 bridgehead atoms. The van der Waals surface area contributed by atoms with Gasteiger partial charge in [0, 0.05) is 69.6 Å². The predicted molar refractivity (Wildman–Crippen MR) is 107 cm³/mol. The SMILES string of the molecule is CC(=O)N1CCc2nc(C3CCN(C(=O)[C@@H](C)Cn4cccn4)CC3)ncc2C1. The van der Waals surface area contributed by atoms with Gasteiger partial charge in [-0.15, -0.1) is 0 Å². The van der Waals surface area contributed by atoms with Gasteiger partial charge in [0.15, 0.2) is 0 Å². The van der Waals surface area contributed by atoms with Gasteiger partial charge < -0.3 is 9.80 Å². The Labute approximate surface area is 170 Å². The molecule has 8 nitrogen and oxygen atoms in total. The number of amides is 2. The Morgan fingerprint density at radius 1 is 1.21 bits per heavy atom. The van der Waals surface area contributed by atoms with Gasteiger partial charge in [-0.3, -0.25) is 14.3 Å². The third-order valence-corrected chi connectivity index (χ3v) is 6.01. The average Bonchev–Trinajstić information content (AvgIpc) is 3.25. The molecule has 0 radical (unpaired) electrons. The predicted octanol–water partition coefficient (Wildman–Crippen LogP) is 1.62. The molecule has 2 aliphatic rings. The lowest BCUT2D eigenvalue weighted by molar-refractivity contribution is -0.136. The Hall–Kier alpha value is -2.77. The highest BCUT2D eigenvalue weighted by molar-refractivity contribution is 5.78. The first-order valence-electron chi connectivity index (χ1n) is 10.4. The van der Waals surface area contributed by atoms with Crippen LogP contribution in [0.1, 0.15) is 49.7 Å². The van der Waals surface area contributed by atoms with Gasteiger partial charge in [0.2, 0.25) is 11.8 Å². The van der Waals surface area contributed by atoms with E-state index in [1.54, 1.807) is 13.1 Å². The quantitative estimate of drug-likeness (QED) is 0.784. The van der Waals surface area contributed by atoms with Crippen LogP contribution >= 0.6 is 0 Å². The fourth-order valence-corrected chi connectivity index (χ4v) is 4.23. The number of nitrogens with zero attached hydrogens (tertiary/aromatic N) is 6. The Morgan fingerprint density at radius 2 is 2.00 bits per heavy atom. The average molecular weight is 396 g/mol. The van der Waals surface area contributed by atoms with Crippen molar-refractivity contribution >= 4 is 11.8 Å². The van der Waals surface area contributed by atoms with E-state index in [9.17, 15) is 9.59 Å². The molecule has 1 saturated heterocycles. The monoisotopic (exact) mass is 396 g/mol. The van der Waals surface area contributed by atoms with Gasteiger partial charge in [0.25, 0.3) is 0 Å². The number of piperidine rings is 1. The van der Waals surface area contributed by atoms with Crippen LogP contribution in [0.2, 0.25) is 0 Å². The molecule has 0 aromatic carbocycles. The number of fused-ring (bicyclic) bond motifs is 1. The van der Waals surface area contributed by atoms with E-state index in [4.69, 9.17) is 4.98 Å². The number of carbonyl (C=O) groups excluding carboxylic acids is 2. The lowest BCUT2D eigenvalue weighted by atomic mass is 9.94. The van der Waals surface area contributed by atoms with E-state index in [1.807, 2.05) is 39.9 Å². The summed E-state index contributed by atoms with van der Waals surface area (Å²) >= 11 is 0. The van der Waals surface area contributed by atoms with Crippen molar-refractivity contribution in [1.82, 2.24) is 29.5 Å². The molecule has 8 heteroatoms. The van der Waals surface area contributed by atoms with Crippen LogP contribution in [0.25, 0.3) is 0 Å². The lowest BCUT2D eigenvalue weighted by Crippen LogP contribution is -2.42. The van der Waals surface area contributed by atoms with E-state index in [1.165, 1.54) is 0 Å². The zero-order valence-corrected chi connectivity index (χ0v) is 17.1. The first kappa shape index (κ1) is 19.5. The van der Waals surface area contributed by atoms with E-state index in [0.717, 1.165) is 56.0 Å². The maximum absolute atomic E-state index is 12.8. The summed E-state index contributed by atoms with van der Waals surface area (Å²) in [6.45, 7) is 6.98. The van der Waals surface area contributed by atoms with Crippen molar-refractivity contribution in [3.8, 4) is 0 Å². The minimum absolute atomic E-state index is 0.0873. The summed E-state index contributed by atoms with van der Waals surface area (Å²) in [5.74, 6) is 1.37. The van der Waals surface area contributed by atoms with E-state index >= 15 is 0 Å². The molecule has 0 N–H and O–H groups in total. The summed E-state index contributed by atoms with van der Waals surface area (Å²) in [6.07, 6.45) is 8.07. The molecule has 154 valence electrons. The van der Waals surface area contributed by atoms with E-state index in [2.05, 4.69) is 10.1 Å². The van der Waals surface area contributed by atoms with Crippen molar-refractivity contribution in [3.05, 3.63) is 41.7 Å². The summed E-state index contributed by atoms with van der Waals surface area (Å²) in [5, 5.41) is 4.19. The van der Waals surface area contributed by atoms with Crippen LogP contribution in [0.15, 0.2) is 24.7 Å². The van der Waals surface area contributed by atoms with Crippen LogP contribution in [0.4, 0.5) is 0 Å². The van der Waals surface area contributed by atoms with Crippen LogP contribution in [0, 0.1) is 5.92 Å². The Kier molecular flexibility index (Phi) is 5.60. The van der Waals surface area contributed by atoms with Gasteiger partial charge in [-0.25, -0.2) is 9.97 Å². The normalized spacial score (nSPS) is 18.4. The van der Waals surface area contributed by atoms with Crippen LogP contribution in [-0.2, 0) is 29.1 Å². The van der Waals surface area contributed by atoms with Crippen molar-refractivity contribution in [3.63, 3.8) is 0 Å². The molecule has 2 aliphatic heterocycles. The van der Waals surface area contributed by atoms with Crippen molar-refractivity contribution in [2.75, 3.05) is 19.6 Å². The van der Waals surface area contributed by atoms with Crippen molar-refractivity contribution in [1.29, 1.82) is 0 Å². The number of carbonyl (C=O) groups is 2. The minimum atomic E-state index is -0.0873. The molecule has 0 saturated carbocycles. The molecule has 2 aromatic rings. The summed E-state index contributed by atoms with van der Waals surface area (Å²) in [5.41, 5.74) is 2.12. The topological polar surface area (TPSA) is 84.2 Å². The van der Waals surface area contributed by atoms with E-state index in [-0.39, 0.29) is 23.7 Å². The molecule has 4 rings (SSSR count). The highest BCUT2D eigenvalue weighted by Crippen LogP contribution is 2.28. The Morgan fingerprint density at radius 3 is 2.69 bits per heavy atom. The van der Waals surface area contributed by atoms with Crippen molar-refractivity contribution in [2.24, 2.45) is 5.92 Å². The minimum Gasteiger partial charge on any atom is -0.342 e. The van der Waals surface area contributed by atoms with Gasteiger partial charge >= 0.3 is 0 Å². The van der Waals surface area contributed by atoms with Gasteiger partial charge in [0.1, 0.15) is 5.82 Å². The molecule has 4 heterocycles. The summed E-state index contributed by atoms with van der Waals surface area (Å²) in [7, 11) is 0. The van der Waals surface area contributed by atoms with Gasteiger partial charge in [-0.2, -0.15) is 5.10 Å². The second-order valence-electron chi connectivity index (χ2n) is 8.12. The smallest absolute Gasteiger partial charge is 0.227 e. The maximum Gasteiger partial charge on any atom is 0.227 e. The fourth-order valence-electron chi connectivity index (χ4n) is 4.23. The largest absolute Gasteiger partial charge is 0.342 e. The van der Waals surface area contributed by atoms with Gasteiger partial charge in [0.05, 0.1) is 18.2 Å². The van der Waals surface area contributed by atoms with Gasteiger partial charge in [-0.05, 0) is 18.9 Å². The maximum atomic E-state index is 12.8. The molecule has 2 amide bonds. The summed E-state index contributed by atoms with van der Waals surface area (Å²) in [4.78, 5) is 37.6. The third-order valence-electron chi connectivity index (χ3n) is 6.01. The number of rotatable bonds is 4. The van der Waals surface area contributed by atoms with E-state index in [0.29, 0.717) is 13.1 Å². The Balaban J connectivity index is 1.34. The molecule has 0 spiro atoms. The second-order valence-corrected chi connectivity index (χ2v) is 8.12. The highest BCUT2D eigenvalue weighted by atomic mass is 16.2. The second kappa shape index (κ2) is 8.31. The molecule has 2 aromatic heterocycles. The Bertz CT molecular complexity index is 873.